The van der Waals surface area contributed by atoms with Gasteiger partial charge in [0.25, 0.3) is 0 Å². The number of carboxylic acids is 1. The molecule has 0 saturated carbocycles. The molecule has 4 heteroatoms. The molecule has 1 aromatic carbocycles. The average molecular weight is 228 g/mol. The highest BCUT2D eigenvalue weighted by atomic mass is 35.5. The number of hydrogen-bond acceptors (Lipinski definition) is 2. The van der Waals surface area contributed by atoms with Gasteiger partial charge in [-0.2, -0.15) is 0 Å². The third-order valence-corrected chi connectivity index (χ3v) is 2.46. The van der Waals surface area contributed by atoms with Crippen molar-refractivity contribution in [3.05, 3.63) is 34.3 Å². The summed E-state index contributed by atoms with van der Waals surface area (Å²) in [6.07, 6.45) is 0.690. The molecule has 0 aliphatic heterocycles. The Kier molecular flexibility index (Phi) is 4.12. The number of likely N-dealkylation sites (N-methyl/N-ethyl adjacent to an activating group) is 1. The predicted octanol–water partition coefficient (Wildman–Crippen LogP) is 2.14. The van der Waals surface area contributed by atoms with E-state index in [-0.39, 0.29) is 5.56 Å². The molecule has 0 saturated heterocycles. The zero-order valence-corrected chi connectivity index (χ0v) is 9.58. The van der Waals surface area contributed by atoms with Crippen LogP contribution in [0.2, 0.25) is 5.02 Å². The number of carboxylic acid groups (broad SMARTS) is 1. The molecule has 1 aromatic rings. The highest BCUT2D eigenvalue weighted by Crippen LogP contribution is 2.20. The van der Waals surface area contributed by atoms with Gasteiger partial charge in [-0.25, -0.2) is 4.79 Å². The average Bonchev–Trinajstić information content (AvgIpc) is 2.13. The van der Waals surface area contributed by atoms with Crippen LogP contribution in [0.25, 0.3) is 0 Å². The van der Waals surface area contributed by atoms with Gasteiger partial charge in [0.1, 0.15) is 0 Å². The second-order valence-electron chi connectivity index (χ2n) is 3.63. The molecule has 0 radical (unpaired) electrons. The van der Waals surface area contributed by atoms with E-state index in [1.165, 1.54) is 0 Å². The van der Waals surface area contributed by atoms with Gasteiger partial charge in [-0.05, 0) is 32.1 Å². The number of benzene rings is 1. The van der Waals surface area contributed by atoms with Gasteiger partial charge in [-0.1, -0.05) is 23.7 Å². The van der Waals surface area contributed by atoms with E-state index in [4.69, 9.17) is 16.7 Å². The quantitative estimate of drug-likeness (QED) is 0.857. The minimum absolute atomic E-state index is 0.223. The Bertz CT molecular complexity index is 364. The molecular weight excluding hydrogens is 214 g/mol. The Balaban J connectivity index is 2.96. The summed E-state index contributed by atoms with van der Waals surface area (Å²) < 4.78 is 0. The van der Waals surface area contributed by atoms with Crippen LogP contribution in [0.5, 0.6) is 0 Å². The Hall–Kier alpha value is -1.06. The van der Waals surface area contributed by atoms with E-state index in [9.17, 15) is 4.79 Å². The molecule has 1 rings (SSSR count). The molecule has 0 spiro atoms. The van der Waals surface area contributed by atoms with Gasteiger partial charge >= 0.3 is 5.97 Å². The summed E-state index contributed by atoms with van der Waals surface area (Å²) in [5.41, 5.74) is 1.00. The first-order valence-electron chi connectivity index (χ1n) is 4.67. The standard InChI is InChI=1S/C11H14ClNO2/c1-13(2)7-6-8-4-3-5-9(12)10(8)11(14)15/h3-5H,6-7H2,1-2H3,(H,14,15). The number of aromatic carboxylic acids is 1. The van der Waals surface area contributed by atoms with Crippen molar-refractivity contribution in [3.63, 3.8) is 0 Å². The molecule has 0 aliphatic rings. The van der Waals surface area contributed by atoms with Crippen molar-refractivity contribution in [1.29, 1.82) is 0 Å². The van der Waals surface area contributed by atoms with E-state index in [0.717, 1.165) is 12.1 Å². The van der Waals surface area contributed by atoms with E-state index in [0.29, 0.717) is 11.4 Å². The van der Waals surface area contributed by atoms with Gasteiger partial charge in [0.15, 0.2) is 0 Å². The lowest BCUT2D eigenvalue weighted by Crippen LogP contribution is -2.16. The zero-order valence-electron chi connectivity index (χ0n) is 8.83. The van der Waals surface area contributed by atoms with Crippen molar-refractivity contribution in [1.82, 2.24) is 4.90 Å². The van der Waals surface area contributed by atoms with Crippen LogP contribution in [0, 0.1) is 0 Å². The molecule has 0 fully saturated rings. The van der Waals surface area contributed by atoms with Gasteiger partial charge < -0.3 is 10.0 Å². The van der Waals surface area contributed by atoms with Crippen LogP contribution in [0.4, 0.5) is 0 Å². The highest BCUT2D eigenvalue weighted by Gasteiger charge is 2.13. The Morgan fingerprint density at radius 2 is 2.13 bits per heavy atom. The summed E-state index contributed by atoms with van der Waals surface area (Å²) in [5.74, 6) is -0.964. The lowest BCUT2D eigenvalue weighted by molar-refractivity contribution is 0.0696. The summed E-state index contributed by atoms with van der Waals surface area (Å²) in [4.78, 5) is 13.0. The van der Waals surface area contributed by atoms with Gasteiger partial charge in [0, 0.05) is 6.54 Å². The first kappa shape index (κ1) is 12.0. The fraction of sp³-hybridized carbons (Fsp3) is 0.364. The number of nitrogens with zero attached hydrogens (tertiary/aromatic N) is 1. The second-order valence-corrected chi connectivity index (χ2v) is 4.04. The molecule has 82 valence electrons. The molecule has 0 heterocycles. The first-order valence-corrected chi connectivity index (χ1v) is 5.05. The largest absolute Gasteiger partial charge is 0.478 e. The summed E-state index contributed by atoms with van der Waals surface area (Å²) in [6, 6.07) is 5.18. The van der Waals surface area contributed by atoms with Crippen LogP contribution in [0.1, 0.15) is 15.9 Å². The minimum Gasteiger partial charge on any atom is -0.478 e. The molecule has 0 amide bonds. The van der Waals surface area contributed by atoms with E-state index in [1.807, 2.05) is 19.0 Å². The van der Waals surface area contributed by atoms with Crippen molar-refractivity contribution < 1.29 is 9.90 Å². The van der Waals surface area contributed by atoms with Crippen molar-refractivity contribution in [2.45, 2.75) is 6.42 Å². The zero-order chi connectivity index (χ0) is 11.4. The van der Waals surface area contributed by atoms with Crippen LogP contribution in [0.3, 0.4) is 0 Å². The number of hydrogen-bond donors (Lipinski definition) is 1. The van der Waals surface area contributed by atoms with Crippen molar-refractivity contribution >= 4 is 17.6 Å². The molecule has 0 aliphatic carbocycles. The predicted molar refractivity (Wildman–Crippen MR) is 60.7 cm³/mol. The molecule has 15 heavy (non-hydrogen) atoms. The SMILES string of the molecule is CN(C)CCc1cccc(Cl)c1C(=O)O. The van der Waals surface area contributed by atoms with E-state index >= 15 is 0 Å². The monoisotopic (exact) mass is 227 g/mol. The summed E-state index contributed by atoms with van der Waals surface area (Å²) in [5, 5.41) is 9.32. The fourth-order valence-electron chi connectivity index (χ4n) is 1.36. The van der Waals surface area contributed by atoms with E-state index in [2.05, 4.69) is 0 Å². The Morgan fingerprint density at radius 1 is 1.47 bits per heavy atom. The van der Waals surface area contributed by atoms with Crippen LogP contribution in [0.15, 0.2) is 18.2 Å². The normalized spacial score (nSPS) is 10.7. The highest BCUT2D eigenvalue weighted by molar-refractivity contribution is 6.33. The van der Waals surface area contributed by atoms with Crippen LogP contribution < -0.4 is 0 Å². The summed E-state index contributed by atoms with van der Waals surface area (Å²) >= 11 is 5.85. The van der Waals surface area contributed by atoms with E-state index in [1.54, 1.807) is 18.2 Å². The third kappa shape index (κ3) is 3.22. The number of rotatable bonds is 4. The molecule has 1 N–H and O–H groups in total. The topological polar surface area (TPSA) is 40.5 Å². The van der Waals surface area contributed by atoms with Crippen molar-refractivity contribution in [2.75, 3.05) is 20.6 Å². The maximum Gasteiger partial charge on any atom is 0.337 e. The molecular formula is C11H14ClNO2. The lowest BCUT2D eigenvalue weighted by atomic mass is 10.0. The van der Waals surface area contributed by atoms with Crippen LogP contribution >= 0.6 is 11.6 Å². The number of carbonyl (C=O) groups is 1. The van der Waals surface area contributed by atoms with E-state index < -0.39 is 5.97 Å². The van der Waals surface area contributed by atoms with Gasteiger partial charge in [-0.15, -0.1) is 0 Å². The van der Waals surface area contributed by atoms with Crippen molar-refractivity contribution in [2.24, 2.45) is 0 Å². The van der Waals surface area contributed by atoms with Crippen molar-refractivity contribution in [3.8, 4) is 0 Å². The Labute approximate surface area is 94.3 Å². The number of halogens is 1. The first-order chi connectivity index (χ1) is 7.02. The second kappa shape index (κ2) is 5.14. The molecule has 0 bridgehead atoms. The van der Waals surface area contributed by atoms with Gasteiger partial charge in [0.05, 0.1) is 10.6 Å². The van der Waals surface area contributed by atoms with Crippen LogP contribution in [-0.4, -0.2) is 36.6 Å². The Morgan fingerprint density at radius 3 is 2.67 bits per heavy atom. The summed E-state index contributed by atoms with van der Waals surface area (Å²) in [6.45, 7) is 0.806. The fourth-order valence-corrected chi connectivity index (χ4v) is 1.64. The lowest BCUT2D eigenvalue weighted by Gasteiger charge is -2.11. The van der Waals surface area contributed by atoms with Gasteiger partial charge in [0.2, 0.25) is 0 Å². The molecule has 0 atom stereocenters. The minimum atomic E-state index is -0.964. The summed E-state index contributed by atoms with van der Waals surface area (Å²) in [7, 11) is 3.90. The third-order valence-electron chi connectivity index (χ3n) is 2.14. The smallest absolute Gasteiger partial charge is 0.337 e. The molecule has 3 nitrogen and oxygen atoms in total. The van der Waals surface area contributed by atoms with Crippen LogP contribution in [-0.2, 0) is 6.42 Å². The maximum absolute atomic E-state index is 11.0. The van der Waals surface area contributed by atoms with Gasteiger partial charge in [-0.3, -0.25) is 0 Å². The maximum atomic E-state index is 11.0. The molecule has 0 aromatic heterocycles. The molecule has 0 unspecified atom stereocenters.